The highest BCUT2D eigenvalue weighted by atomic mass is 16.2. The van der Waals surface area contributed by atoms with Gasteiger partial charge in [-0.15, -0.1) is 6.58 Å². The molecule has 1 aromatic rings. The number of likely N-dealkylation sites (N-methyl/N-ethyl adjacent to an activating group) is 1. The second-order valence-corrected chi connectivity index (χ2v) is 3.64. The summed E-state index contributed by atoms with van der Waals surface area (Å²) in [6, 6.07) is 7.39. The van der Waals surface area contributed by atoms with Crippen LogP contribution in [0.1, 0.15) is 12.5 Å². The fourth-order valence-corrected chi connectivity index (χ4v) is 1.49. The van der Waals surface area contributed by atoms with Gasteiger partial charge < -0.3 is 10.6 Å². The van der Waals surface area contributed by atoms with Gasteiger partial charge >= 0.3 is 0 Å². The van der Waals surface area contributed by atoms with Crippen molar-refractivity contribution in [1.29, 1.82) is 0 Å². The third-order valence-corrected chi connectivity index (χ3v) is 2.42. The quantitative estimate of drug-likeness (QED) is 0.605. The van der Waals surface area contributed by atoms with Gasteiger partial charge in [0.25, 0.3) is 0 Å². The van der Waals surface area contributed by atoms with Crippen molar-refractivity contribution in [3.05, 3.63) is 42.5 Å². The van der Waals surface area contributed by atoms with Gasteiger partial charge in [0.15, 0.2) is 0 Å². The molecule has 0 radical (unpaired) electrons. The van der Waals surface area contributed by atoms with Crippen LogP contribution in [0.15, 0.2) is 36.9 Å². The second-order valence-electron chi connectivity index (χ2n) is 3.64. The predicted octanol–water partition coefficient (Wildman–Crippen LogP) is 1.85. The molecule has 1 amide bonds. The summed E-state index contributed by atoms with van der Waals surface area (Å²) in [5.41, 5.74) is 7.29. The van der Waals surface area contributed by atoms with Crippen LogP contribution in [0.4, 0.5) is 5.69 Å². The van der Waals surface area contributed by atoms with E-state index in [9.17, 15) is 4.79 Å². The third kappa shape index (κ3) is 3.42. The molecule has 0 saturated carbocycles. The third-order valence-electron chi connectivity index (χ3n) is 2.42. The van der Waals surface area contributed by atoms with E-state index in [1.54, 1.807) is 11.0 Å². The van der Waals surface area contributed by atoms with E-state index in [4.69, 9.17) is 5.73 Å². The van der Waals surface area contributed by atoms with Gasteiger partial charge in [-0.3, -0.25) is 4.79 Å². The van der Waals surface area contributed by atoms with Crippen molar-refractivity contribution in [2.24, 2.45) is 0 Å². The van der Waals surface area contributed by atoms with Crippen molar-refractivity contribution in [1.82, 2.24) is 4.90 Å². The Labute approximate surface area is 96.6 Å². The Kier molecular flexibility index (Phi) is 4.58. The molecular weight excluding hydrogens is 200 g/mol. The molecule has 0 atom stereocenters. The monoisotopic (exact) mass is 218 g/mol. The zero-order valence-electron chi connectivity index (χ0n) is 9.65. The molecule has 0 unspecified atom stereocenters. The van der Waals surface area contributed by atoms with E-state index in [-0.39, 0.29) is 5.91 Å². The summed E-state index contributed by atoms with van der Waals surface area (Å²) in [7, 11) is 0. The fourth-order valence-electron chi connectivity index (χ4n) is 1.49. The number of amides is 1. The first-order valence-electron chi connectivity index (χ1n) is 5.40. The topological polar surface area (TPSA) is 46.3 Å². The lowest BCUT2D eigenvalue weighted by Crippen LogP contribution is -2.32. The van der Waals surface area contributed by atoms with Gasteiger partial charge in [-0.05, 0) is 24.6 Å². The number of nitrogen functional groups attached to an aromatic ring is 1. The first kappa shape index (κ1) is 12.3. The largest absolute Gasteiger partial charge is 0.399 e. The molecule has 3 heteroatoms. The summed E-state index contributed by atoms with van der Waals surface area (Å²) >= 11 is 0. The molecule has 0 aliphatic rings. The first-order valence-corrected chi connectivity index (χ1v) is 5.40. The molecule has 0 aliphatic heterocycles. The molecule has 2 N–H and O–H groups in total. The van der Waals surface area contributed by atoms with E-state index in [0.717, 1.165) is 11.3 Å². The van der Waals surface area contributed by atoms with Crippen molar-refractivity contribution in [2.75, 3.05) is 18.8 Å². The van der Waals surface area contributed by atoms with Gasteiger partial charge in [0.2, 0.25) is 5.91 Å². The average Bonchev–Trinajstić information content (AvgIpc) is 2.29. The minimum absolute atomic E-state index is 0.118. The molecule has 0 saturated heterocycles. The van der Waals surface area contributed by atoms with Gasteiger partial charge in [-0.2, -0.15) is 0 Å². The van der Waals surface area contributed by atoms with E-state index in [2.05, 4.69) is 6.58 Å². The summed E-state index contributed by atoms with van der Waals surface area (Å²) in [5.74, 6) is 0.118. The maximum Gasteiger partial charge on any atom is 0.227 e. The lowest BCUT2D eigenvalue weighted by molar-refractivity contribution is -0.129. The molecule has 1 aromatic carbocycles. The van der Waals surface area contributed by atoms with Crippen LogP contribution in [-0.2, 0) is 11.2 Å². The molecular formula is C13H18N2O. The highest BCUT2D eigenvalue weighted by Gasteiger charge is 2.10. The van der Waals surface area contributed by atoms with E-state index in [0.29, 0.717) is 19.5 Å². The van der Waals surface area contributed by atoms with Crippen LogP contribution >= 0.6 is 0 Å². The molecule has 0 spiro atoms. The fraction of sp³-hybridized carbons (Fsp3) is 0.308. The highest BCUT2D eigenvalue weighted by Crippen LogP contribution is 2.07. The zero-order chi connectivity index (χ0) is 12.0. The van der Waals surface area contributed by atoms with Crippen molar-refractivity contribution in [2.45, 2.75) is 13.3 Å². The summed E-state index contributed by atoms with van der Waals surface area (Å²) in [4.78, 5) is 13.6. The minimum atomic E-state index is 0.118. The molecule has 86 valence electrons. The van der Waals surface area contributed by atoms with Crippen LogP contribution in [0.2, 0.25) is 0 Å². The van der Waals surface area contributed by atoms with E-state index in [1.807, 2.05) is 31.2 Å². The minimum Gasteiger partial charge on any atom is -0.399 e. The summed E-state index contributed by atoms with van der Waals surface area (Å²) < 4.78 is 0. The Hall–Kier alpha value is -1.77. The number of rotatable bonds is 5. The second kappa shape index (κ2) is 5.95. The van der Waals surface area contributed by atoms with E-state index < -0.39 is 0 Å². The molecule has 0 aliphatic carbocycles. The maximum absolute atomic E-state index is 11.9. The van der Waals surface area contributed by atoms with Crippen LogP contribution in [0.3, 0.4) is 0 Å². The Bertz CT molecular complexity index is 357. The SMILES string of the molecule is C=CCN(CC)C(=O)Cc1ccc(N)cc1. The van der Waals surface area contributed by atoms with Gasteiger partial charge in [0, 0.05) is 18.8 Å². The number of hydrogen-bond acceptors (Lipinski definition) is 2. The lowest BCUT2D eigenvalue weighted by atomic mass is 10.1. The lowest BCUT2D eigenvalue weighted by Gasteiger charge is -2.18. The predicted molar refractivity (Wildman–Crippen MR) is 67.0 cm³/mol. The van der Waals surface area contributed by atoms with Gasteiger partial charge in [-0.25, -0.2) is 0 Å². The number of anilines is 1. The smallest absolute Gasteiger partial charge is 0.227 e. The number of benzene rings is 1. The Morgan fingerprint density at radius 3 is 2.56 bits per heavy atom. The molecule has 16 heavy (non-hydrogen) atoms. The Morgan fingerprint density at radius 1 is 1.44 bits per heavy atom. The average molecular weight is 218 g/mol. The van der Waals surface area contributed by atoms with Crippen molar-refractivity contribution < 1.29 is 4.79 Å². The van der Waals surface area contributed by atoms with E-state index >= 15 is 0 Å². The van der Waals surface area contributed by atoms with Gasteiger partial charge in [0.1, 0.15) is 0 Å². The zero-order valence-corrected chi connectivity index (χ0v) is 9.65. The normalized spacial score (nSPS) is 9.81. The summed E-state index contributed by atoms with van der Waals surface area (Å²) in [6.07, 6.45) is 2.16. The Balaban J connectivity index is 2.62. The van der Waals surface area contributed by atoms with E-state index in [1.165, 1.54) is 0 Å². The van der Waals surface area contributed by atoms with Crippen LogP contribution in [0.25, 0.3) is 0 Å². The molecule has 3 nitrogen and oxygen atoms in total. The molecule has 0 aromatic heterocycles. The number of nitrogens with zero attached hydrogens (tertiary/aromatic N) is 1. The van der Waals surface area contributed by atoms with Crippen LogP contribution in [0, 0.1) is 0 Å². The van der Waals surface area contributed by atoms with Crippen molar-refractivity contribution in [3.8, 4) is 0 Å². The van der Waals surface area contributed by atoms with Crippen LogP contribution in [-0.4, -0.2) is 23.9 Å². The van der Waals surface area contributed by atoms with Gasteiger partial charge in [-0.1, -0.05) is 18.2 Å². The standard InChI is InChI=1S/C13H18N2O/c1-3-9-15(4-2)13(16)10-11-5-7-12(14)8-6-11/h3,5-8H,1,4,9-10,14H2,2H3. The number of nitrogens with two attached hydrogens (primary N) is 1. The van der Waals surface area contributed by atoms with Crippen LogP contribution in [0.5, 0.6) is 0 Å². The summed E-state index contributed by atoms with van der Waals surface area (Å²) in [5, 5.41) is 0. The Morgan fingerprint density at radius 2 is 2.06 bits per heavy atom. The van der Waals surface area contributed by atoms with Crippen molar-refractivity contribution in [3.63, 3.8) is 0 Å². The highest BCUT2D eigenvalue weighted by molar-refractivity contribution is 5.79. The van der Waals surface area contributed by atoms with Crippen LogP contribution < -0.4 is 5.73 Å². The summed E-state index contributed by atoms with van der Waals surface area (Å²) in [6.45, 7) is 6.91. The molecule has 0 bridgehead atoms. The number of carbonyl (C=O) groups excluding carboxylic acids is 1. The maximum atomic E-state index is 11.9. The molecule has 0 fully saturated rings. The number of carbonyl (C=O) groups is 1. The molecule has 0 heterocycles. The first-order chi connectivity index (χ1) is 7.67. The number of hydrogen-bond donors (Lipinski definition) is 1. The molecule has 1 rings (SSSR count). The van der Waals surface area contributed by atoms with Crippen molar-refractivity contribution >= 4 is 11.6 Å². The van der Waals surface area contributed by atoms with Gasteiger partial charge in [0.05, 0.1) is 6.42 Å².